The Morgan fingerprint density at radius 1 is 0.879 bits per heavy atom. The molecule has 33 heavy (non-hydrogen) atoms. The molecule has 0 spiro atoms. The fourth-order valence-corrected chi connectivity index (χ4v) is 4.00. The molecule has 1 amide bonds. The van der Waals surface area contributed by atoms with Gasteiger partial charge in [0.2, 0.25) is 0 Å². The number of hydrogen-bond donors (Lipinski definition) is 2. The van der Waals surface area contributed by atoms with Gasteiger partial charge in [0.15, 0.2) is 6.10 Å². The normalized spacial score (nSPS) is 12.0. The van der Waals surface area contributed by atoms with Gasteiger partial charge in [0.05, 0.1) is 11.5 Å². The van der Waals surface area contributed by atoms with Crippen molar-refractivity contribution >= 4 is 27.3 Å². The average molecular weight is 473 g/mol. The number of sulfonamides is 1. The third-order valence-electron chi connectivity index (χ3n) is 4.60. The van der Waals surface area contributed by atoms with Crippen LogP contribution in [0.1, 0.15) is 20.3 Å². The lowest BCUT2D eigenvalue weighted by atomic mass is 10.2. The van der Waals surface area contributed by atoms with Crippen LogP contribution in [-0.4, -0.2) is 27.0 Å². The average Bonchev–Trinajstić information content (AvgIpc) is 2.80. The first-order chi connectivity index (χ1) is 15.8. The fraction of sp³-hybridized carbons (Fsp3) is 0.208. The Morgan fingerprint density at radius 2 is 1.45 bits per heavy atom. The molecule has 0 saturated carbocycles. The number of rotatable bonds is 10. The largest absolute Gasteiger partial charge is 0.494 e. The van der Waals surface area contributed by atoms with Crippen molar-refractivity contribution < 1.29 is 27.1 Å². The number of hydrogen-bond acceptors (Lipinski definition) is 5. The lowest BCUT2D eigenvalue weighted by Crippen LogP contribution is -2.32. The van der Waals surface area contributed by atoms with Crippen LogP contribution < -0.4 is 19.5 Å². The molecule has 1 unspecified atom stereocenters. The van der Waals surface area contributed by atoms with E-state index in [4.69, 9.17) is 9.47 Å². The van der Waals surface area contributed by atoms with Crippen LogP contribution in [0.25, 0.3) is 0 Å². The number of ether oxygens (including phenoxy) is 2. The van der Waals surface area contributed by atoms with Gasteiger partial charge in [0.1, 0.15) is 17.3 Å². The van der Waals surface area contributed by atoms with E-state index in [1.807, 2.05) is 6.92 Å². The molecule has 0 aliphatic heterocycles. The summed E-state index contributed by atoms with van der Waals surface area (Å²) in [7, 11) is -3.81. The highest BCUT2D eigenvalue weighted by molar-refractivity contribution is 7.92. The molecule has 0 bridgehead atoms. The highest BCUT2D eigenvalue weighted by Crippen LogP contribution is 2.21. The summed E-state index contributed by atoms with van der Waals surface area (Å²) in [5, 5.41) is 2.70. The van der Waals surface area contributed by atoms with Crippen molar-refractivity contribution in [1.82, 2.24) is 0 Å². The smallest absolute Gasteiger partial charge is 0.265 e. The van der Waals surface area contributed by atoms with Gasteiger partial charge in [-0.15, -0.1) is 0 Å². The molecule has 0 aromatic heterocycles. The minimum Gasteiger partial charge on any atom is -0.494 e. The van der Waals surface area contributed by atoms with Gasteiger partial charge >= 0.3 is 0 Å². The summed E-state index contributed by atoms with van der Waals surface area (Å²) in [5.41, 5.74) is 0.820. The predicted molar refractivity (Wildman–Crippen MR) is 125 cm³/mol. The number of amides is 1. The number of anilines is 2. The zero-order valence-electron chi connectivity index (χ0n) is 18.2. The van der Waals surface area contributed by atoms with Gasteiger partial charge in [-0.1, -0.05) is 6.92 Å². The number of nitrogens with one attached hydrogen (secondary N) is 2. The van der Waals surface area contributed by atoms with Crippen LogP contribution in [0.5, 0.6) is 11.5 Å². The van der Waals surface area contributed by atoms with E-state index in [1.54, 1.807) is 31.2 Å². The van der Waals surface area contributed by atoms with Gasteiger partial charge in [-0.05, 0) is 86.1 Å². The van der Waals surface area contributed by atoms with Crippen molar-refractivity contribution in [2.75, 3.05) is 16.6 Å². The van der Waals surface area contributed by atoms with Crippen molar-refractivity contribution in [2.24, 2.45) is 0 Å². The van der Waals surface area contributed by atoms with Gasteiger partial charge in [0, 0.05) is 11.4 Å². The summed E-state index contributed by atoms with van der Waals surface area (Å²) in [6, 6.07) is 17.8. The monoisotopic (exact) mass is 472 g/mol. The third-order valence-corrected chi connectivity index (χ3v) is 6.00. The van der Waals surface area contributed by atoms with Gasteiger partial charge in [-0.2, -0.15) is 0 Å². The van der Waals surface area contributed by atoms with Crippen molar-refractivity contribution in [3.63, 3.8) is 0 Å². The van der Waals surface area contributed by atoms with E-state index >= 15 is 0 Å². The molecule has 3 aromatic rings. The second-order valence-corrected chi connectivity index (χ2v) is 8.73. The Bertz CT molecular complexity index is 1160. The first-order valence-electron chi connectivity index (χ1n) is 10.4. The molecule has 0 fully saturated rings. The molecule has 0 heterocycles. The van der Waals surface area contributed by atoms with E-state index in [0.717, 1.165) is 0 Å². The third kappa shape index (κ3) is 6.69. The molecule has 0 aliphatic rings. The zero-order valence-corrected chi connectivity index (χ0v) is 19.1. The van der Waals surface area contributed by atoms with Crippen LogP contribution in [0.2, 0.25) is 0 Å². The predicted octanol–water partition coefficient (Wildman–Crippen LogP) is 4.82. The topological polar surface area (TPSA) is 93.7 Å². The standard InChI is InChI=1S/C24H25FN2O5S/c1-3-23(32-21-11-5-17(25)6-12-21)24(28)26-18-9-15-22(16-10-18)33(29,30)27-19-7-13-20(14-8-19)31-4-2/h5-16,23,27H,3-4H2,1-2H3,(H,26,28). The number of benzene rings is 3. The second-order valence-electron chi connectivity index (χ2n) is 7.05. The maximum absolute atomic E-state index is 13.0. The SMILES string of the molecule is CCOc1ccc(NS(=O)(=O)c2ccc(NC(=O)C(CC)Oc3ccc(F)cc3)cc2)cc1. The van der Waals surface area contributed by atoms with E-state index in [9.17, 15) is 17.6 Å². The summed E-state index contributed by atoms with van der Waals surface area (Å²) in [5.74, 6) is 0.228. The fourth-order valence-electron chi connectivity index (χ4n) is 2.94. The highest BCUT2D eigenvalue weighted by Gasteiger charge is 2.19. The van der Waals surface area contributed by atoms with Crippen LogP contribution in [0.3, 0.4) is 0 Å². The Hall–Kier alpha value is -3.59. The quantitative estimate of drug-likeness (QED) is 0.441. The molecule has 2 N–H and O–H groups in total. The summed E-state index contributed by atoms with van der Waals surface area (Å²) in [6.07, 6.45) is -0.401. The van der Waals surface area contributed by atoms with Crippen LogP contribution in [0.15, 0.2) is 77.7 Å². The molecule has 0 saturated heterocycles. The highest BCUT2D eigenvalue weighted by atomic mass is 32.2. The molecule has 0 radical (unpaired) electrons. The Kier molecular flexibility index (Phi) is 7.89. The Balaban J connectivity index is 1.63. The maximum atomic E-state index is 13.0. The molecule has 0 aliphatic carbocycles. The molecule has 174 valence electrons. The van der Waals surface area contributed by atoms with Crippen LogP contribution in [-0.2, 0) is 14.8 Å². The maximum Gasteiger partial charge on any atom is 0.265 e. The van der Waals surface area contributed by atoms with Gasteiger partial charge in [0.25, 0.3) is 15.9 Å². The first-order valence-corrected chi connectivity index (χ1v) is 11.9. The van der Waals surface area contributed by atoms with Crippen LogP contribution in [0.4, 0.5) is 15.8 Å². The Morgan fingerprint density at radius 3 is 2.03 bits per heavy atom. The summed E-state index contributed by atoms with van der Waals surface area (Å²) >= 11 is 0. The second kappa shape index (κ2) is 10.8. The lowest BCUT2D eigenvalue weighted by molar-refractivity contribution is -0.122. The van der Waals surface area contributed by atoms with Crippen molar-refractivity contribution in [3.05, 3.63) is 78.6 Å². The molecule has 3 aromatic carbocycles. The van der Waals surface area contributed by atoms with Crippen LogP contribution in [0, 0.1) is 5.82 Å². The van der Waals surface area contributed by atoms with Gasteiger partial charge < -0.3 is 14.8 Å². The molecular formula is C24H25FN2O5S. The van der Waals surface area contributed by atoms with E-state index < -0.39 is 27.9 Å². The molecule has 1 atom stereocenters. The zero-order chi connectivity index (χ0) is 23.8. The van der Waals surface area contributed by atoms with Gasteiger partial charge in [-0.25, -0.2) is 12.8 Å². The number of carbonyl (C=O) groups excluding carboxylic acids is 1. The number of halogens is 1. The first kappa shape index (κ1) is 24.1. The summed E-state index contributed by atoms with van der Waals surface area (Å²) in [4.78, 5) is 12.6. The van der Waals surface area contributed by atoms with Crippen molar-refractivity contribution in [3.8, 4) is 11.5 Å². The minimum absolute atomic E-state index is 0.0454. The van der Waals surface area contributed by atoms with Crippen LogP contribution >= 0.6 is 0 Å². The van der Waals surface area contributed by atoms with Crippen molar-refractivity contribution in [1.29, 1.82) is 0 Å². The summed E-state index contributed by atoms with van der Waals surface area (Å²) < 4.78 is 51.8. The van der Waals surface area contributed by atoms with E-state index in [0.29, 0.717) is 35.9 Å². The number of carbonyl (C=O) groups is 1. The lowest BCUT2D eigenvalue weighted by Gasteiger charge is -2.17. The van der Waals surface area contributed by atoms with E-state index in [2.05, 4.69) is 10.0 Å². The van der Waals surface area contributed by atoms with E-state index in [1.165, 1.54) is 48.5 Å². The molecule has 3 rings (SSSR count). The van der Waals surface area contributed by atoms with Crippen molar-refractivity contribution in [2.45, 2.75) is 31.3 Å². The van der Waals surface area contributed by atoms with E-state index in [-0.39, 0.29) is 4.90 Å². The minimum atomic E-state index is -3.81. The molecular weight excluding hydrogens is 447 g/mol. The Labute approximate surface area is 192 Å². The van der Waals surface area contributed by atoms with Gasteiger partial charge in [-0.3, -0.25) is 9.52 Å². The molecule has 9 heteroatoms. The summed E-state index contributed by atoms with van der Waals surface area (Å²) in [6.45, 7) is 4.17. The molecule has 7 nitrogen and oxygen atoms in total.